The molecule has 1 atom stereocenters. The predicted octanol–water partition coefficient (Wildman–Crippen LogP) is 3.27. The number of thiazole rings is 1. The lowest BCUT2D eigenvalue weighted by molar-refractivity contribution is 0.0215. The highest BCUT2D eigenvalue weighted by atomic mass is 32.1. The number of hydrogen-bond acceptors (Lipinski definition) is 5. The second-order valence-corrected chi connectivity index (χ2v) is 6.13. The van der Waals surface area contributed by atoms with E-state index in [0.717, 1.165) is 5.01 Å². The normalized spacial score (nSPS) is 12.9. The molecule has 1 rings (SSSR count). The molecule has 19 heavy (non-hydrogen) atoms. The number of carbonyl (C=O) groups excluding carboxylic acids is 2. The molecule has 0 aliphatic rings. The quantitative estimate of drug-likeness (QED) is 0.796. The molecule has 1 aromatic rings. The molecule has 0 fully saturated rings. The van der Waals surface area contributed by atoms with Crippen LogP contribution in [0.1, 0.15) is 55.7 Å². The van der Waals surface area contributed by atoms with Gasteiger partial charge in [0.05, 0.1) is 6.04 Å². The molecule has 1 amide bonds. The van der Waals surface area contributed by atoms with Crippen LogP contribution in [0.4, 0.5) is 4.79 Å². The van der Waals surface area contributed by atoms with Gasteiger partial charge in [-0.2, -0.15) is 0 Å². The van der Waals surface area contributed by atoms with Crippen LogP contribution in [0.25, 0.3) is 0 Å². The predicted molar refractivity (Wildman–Crippen MR) is 74.5 cm³/mol. The molecule has 0 bridgehead atoms. The van der Waals surface area contributed by atoms with Crippen LogP contribution in [0.2, 0.25) is 0 Å². The van der Waals surface area contributed by atoms with Crippen LogP contribution in [-0.4, -0.2) is 34.9 Å². The Morgan fingerprint density at radius 2 is 2.21 bits per heavy atom. The maximum absolute atomic E-state index is 12.0. The summed E-state index contributed by atoms with van der Waals surface area (Å²) >= 11 is 1.38. The van der Waals surface area contributed by atoms with E-state index in [0.29, 0.717) is 18.4 Å². The first-order chi connectivity index (χ1) is 8.78. The molecule has 0 N–H and O–H groups in total. The van der Waals surface area contributed by atoms with Crippen LogP contribution in [0.5, 0.6) is 0 Å². The van der Waals surface area contributed by atoms with Gasteiger partial charge in [-0.05, 0) is 27.2 Å². The van der Waals surface area contributed by atoms with Crippen LogP contribution < -0.4 is 0 Å². The zero-order valence-corrected chi connectivity index (χ0v) is 12.8. The lowest BCUT2D eigenvalue weighted by atomic mass is 10.2. The highest BCUT2D eigenvalue weighted by Gasteiger charge is 2.27. The molecule has 1 heterocycles. The summed E-state index contributed by atoms with van der Waals surface area (Å²) in [4.78, 5) is 28.4. The zero-order chi connectivity index (χ0) is 14.6. The van der Waals surface area contributed by atoms with E-state index >= 15 is 0 Å². The minimum atomic E-state index is -0.527. The number of rotatable bonds is 4. The van der Waals surface area contributed by atoms with Crippen molar-refractivity contribution in [3.63, 3.8) is 0 Å². The van der Waals surface area contributed by atoms with Crippen molar-refractivity contribution in [3.05, 3.63) is 16.1 Å². The Morgan fingerprint density at radius 1 is 1.58 bits per heavy atom. The number of ether oxygens (including phenoxy) is 1. The number of hydrogen-bond donors (Lipinski definition) is 0. The third kappa shape index (κ3) is 4.31. The molecular weight excluding hydrogens is 264 g/mol. The second-order valence-electron chi connectivity index (χ2n) is 5.24. The van der Waals surface area contributed by atoms with Gasteiger partial charge in [-0.25, -0.2) is 9.78 Å². The van der Waals surface area contributed by atoms with Gasteiger partial charge in [0, 0.05) is 12.4 Å². The summed E-state index contributed by atoms with van der Waals surface area (Å²) in [5.41, 5.74) is -0.128. The number of nitrogens with zero attached hydrogens (tertiary/aromatic N) is 2. The molecule has 0 spiro atoms. The molecule has 106 valence electrons. The molecule has 0 aromatic carbocycles. The minimum Gasteiger partial charge on any atom is -0.444 e. The minimum absolute atomic E-state index is 0.173. The standard InChI is InChI=1S/C13H20N2O3S/c1-6-10(11-14-9(7-16)8-19-11)15(5)12(17)18-13(2,3)4/h7-8,10H,6H2,1-5H3/t10-/m1/s1. The first kappa shape index (κ1) is 15.6. The third-order valence-corrected chi connectivity index (χ3v) is 3.45. The molecule has 0 radical (unpaired) electrons. The summed E-state index contributed by atoms with van der Waals surface area (Å²) in [5, 5.41) is 2.44. The fourth-order valence-electron chi connectivity index (χ4n) is 1.58. The van der Waals surface area contributed by atoms with Crippen molar-refractivity contribution >= 4 is 23.7 Å². The van der Waals surface area contributed by atoms with E-state index in [4.69, 9.17) is 4.74 Å². The maximum atomic E-state index is 12.0. The summed E-state index contributed by atoms with van der Waals surface area (Å²) in [6.45, 7) is 7.45. The summed E-state index contributed by atoms with van der Waals surface area (Å²) in [5.74, 6) is 0. The molecule has 5 nitrogen and oxygen atoms in total. The Kier molecular flexibility index (Phi) is 5.05. The lowest BCUT2D eigenvalue weighted by Crippen LogP contribution is -2.36. The molecule has 0 saturated heterocycles. The Labute approximate surface area is 117 Å². The average Bonchev–Trinajstić information content (AvgIpc) is 2.76. The monoisotopic (exact) mass is 284 g/mol. The average molecular weight is 284 g/mol. The smallest absolute Gasteiger partial charge is 0.410 e. The molecular formula is C13H20N2O3S. The van der Waals surface area contributed by atoms with Gasteiger partial charge >= 0.3 is 6.09 Å². The van der Waals surface area contributed by atoms with Crippen molar-refractivity contribution < 1.29 is 14.3 Å². The van der Waals surface area contributed by atoms with E-state index in [-0.39, 0.29) is 12.1 Å². The Bertz CT molecular complexity index is 451. The molecule has 0 aliphatic carbocycles. The van der Waals surface area contributed by atoms with Crippen LogP contribution in [0, 0.1) is 0 Å². The van der Waals surface area contributed by atoms with Gasteiger partial charge in [-0.3, -0.25) is 4.79 Å². The number of amides is 1. The first-order valence-electron chi connectivity index (χ1n) is 6.15. The van der Waals surface area contributed by atoms with Crippen LogP contribution in [0.15, 0.2) is 5.38 Å². The maximum Gasteiger partial charge on any atom is 0.410 e. The molecule has 0 saturated carbocycles. The highest BCUT2D eigenvalue weighted by molar-refractivity contribution is 7.09. The topological polar surface area (TPSA) is 59.5 Å². The van der Waals surface area contributed by atoms with E-state index in [1.165, 1.54) is 16.2 Å². The van der Waals surface area contributed by atoms with Crippen molar-refractivity contribution in [3.8, 4) is 0 Å². The summed E-state index contributed by atoms with van der Waals surface area (Å²) in [7, 11) is 1.68. The Morgan fingerprint density at radius 3 is 2.63 bits per heavy atom. The van der Waals surface area contributed by atoms with Crippen LogP contribution in [-0.2, 0) is 4.74 Å². The third-order valence-electron chi connectivity index (χ3n) is 2.48. The highest BCUT2D eigenvalue weighted by Crippen LogP contribution is 2.27. The van der Waals surface area contributed by atoms with Crippen molar-refractivity contribution in [1.82, 2.24) is 9.88 Å². The van der Waals surface area contributed by atoms with Gasteiger partial charge in [-0.1, -0.05) is 6.92 Å². The van der Waals surface area contributed by atoms with E-state index < -0.39 is 5.60 Å². The molecule has 1 aromatic heterocycles. The van der Waals surface area contributed by atoms with Gasteiger partial charge in [0.15, 0.2) is 6.29 Å². The van der Waals surface area contributed by atoms with Gasteiger partial charge in [0.2, 0.25) is 0 Å². The van der Waals surface area contributed by atoms with Crippen LogP contribution >= 0.6 is 11.3 Å². The molecule has 6 heteroatoms. The van der Waals surface area contributed by atoms with Crippen molar-refractivity contribution in [1.29, 1.82) is 0 Å². The van der Waals surface area contributed by atoms with E-state index in [9.17, 15) is 9.59 Å². The van der Waals surface area contributed by atoms with E-state index in [1.807, 2.05) is 27.7 Å². The number of aromatic nitrogens is 1. The molecule has 0 aliphatic heterocycles. The summed E-state index contributed by atoms with van der Waals surface area (Å²) in [6.07, 6.45) is 1.03. The lowest BCUT2D eigenvalue weighted by Gasteiger charge is -2.29. The van der Waals surface area contributed by atoms with Crippen LogP contribution in [0.3, 0.4) is 0 Å². The first-order valence-corrected chi connectivity index (χ1v) is 7.03. The zero-order valence-electron chi connectivity index (χ0n) is 12.0. The Hall–Kier alpha value is -1.43. The van der Waals surface area contributed by atoms with E-state index in [1.54, 1.807) is 12.4 Å². The van der Waals surface area contributed by atoms with Gasteiger partial charge in [-0.15, -0.1) is 11.3 Å². The summed E-state index contributed by atoms with van der Waals surface area (Å²) in [6, 6.07) is -0.173. The summed E-state index contributed by atoms with van der Waals surface area (Å²) < 4.78 is 5.33. The fraction of sp³-hybridized carbons (Fsp3) is 0.615. The van der Waals surface area contributed by atoms with Gasteiger partial charge in [0.1, 0.15) is 16.3 Å². The van der Waals surface area contributed by atoms with Gasteiger partial charge in [0.25, 0.3) is 0 Å². The number of carbonyl (C=O) groups is 2. The van der Waals surface area contributed by atoms with Crippen molar-refractivity contribution in [2.45, 2.75) is 45.8 Å². The SMILES string of the molecule is CC[C@H](c1nc(C=O)cs1)N(C)C(=O)OC(C)(C)C. The van der Waals surface area contributed by atoms with Crippen molar-refractivity contribution in [2.24, 2.45) is 0 Å². The molecule has 0 unspecified atom stereocenters. The fourth-order valence-corrected chi connectivity index (χ4v) is 2.57. The van der Waals surface area contributed by atoms with E-state index in [2.05, 4.69) is 4.98 Å². The number of aldehydes is 1. The van der Waals surface area contributed by atoms with Gasteiger partial charge < -0.3 is 9.64 Å². The second kappa shape index (κ2) is 6.14. The Balaban J connectivity index is 2.84. The van der Waals surface area contributed by atoms with Crippen molar-refractivity contribution in [2.75, 3.05) is 7.05 Å². The largest absolute Gasteiger partial charge is 0.444 e.